The molecular formula is C42H54N5O12P. The number of nitrogens with zero attached hydrogens (tertiary/aromatic N) is 1. The van der Waals surface area contributed by atoms with E-state index >= 15 is 0 Å². The molecule has 0 bridgehead atoms. The van der Waals surface area contributed by atoms with Crippen molar-refractivity contribution in [1.29, 1.82) is 0 Å². The lowest BCUT2D eigenvalue weighted by molar-refractivity contribution is -0.162. The smallest absolute Gasteiger partial charge is 0.407 e. The van der Waals surface area contributed by atoms with E-state index in [0.717, 1.165) is 11.1 Å². The molecule has 5 N–H and O–H groups in total. The Labute approximate surface area is 348 Å². The predicted octanol–water partition coefficient (Wildman–Crippen LogP) is 5.04. The average Bonchev–Trinajstić information content (AvgIpc) is 3.75. The summed E-state index contributed by atoms with van der Waals surface area (Å²) in [6.45, 7) is 11.6. The van der Waals surface area contributed by atoms with Gasteiger partial charge in [-0.2, -0.15) is 0 Å². The molecule has 0 radical (unpaired) electrons. The van der Waals surface area contributed by atoms with Crippen molar-refractivity contribution < 1.29 is 56.6 Å². The van der Waals surface area contributed by atoms with E-state index < -0.39 is 79.3 Å². The maximum Gasteiger partial charge on any atom is 0.407 e. The average molecular weight is 852 g/mol. The van der Waals surface area contributed by atoms with E-state index in [1.165, 1.54) is 29.2 Å². The molecule has 60 heavy (non-hydrogen) atoms. The summed E-state index contributed by atoms with van der Waals surface area (Å²) in [6, 6.07) is 9.00. The minimum absolute atomic E-state index is 0.00827. The van der Waals surface area contributed by atoms with E-state index in [0.29, 0.717) is 29.4 Å². The van der Waals surface area contributed by atoms with Gasteiger partial charge in [0.05, 0.1) is 16.5 Å². The molecule has 0 saturated carbocycles. The van der Waals surface area contributed by atoms with E-state index in [-0.39, 0.29) is 48.4 Å². The summed E-state index contributed by atoms with van der Waals surface area (Å²) in [5, 5.41) is 6.21. The van der Waals surface area contributed by atoms with Gasteiger partial charge in [0, 0.05) is 35.3 Å². The van der Waals surface area contributed by atoms with Crippen LogP contribution in [0.25, 0.3) is 10.9 Å². The van der Waals surface area contributed by atoms with Gasteiger partial charge in [-0.1, -0.05) is 32.0 Å². The Kier molecular flexibility index (Phi) is 13.8. The number of H-pyrrole nitrogens is 1. The van der Waals surface area contributed by atoms with Crippen molar-refractivity contribution in [2.24, 2.45) is 22.5 Å². The van der Waals surface area contributed by atoms with Crippen molar-refractivity contribution >= 4 is 65.3 Å². The number of carbonyl (C=O) groups is 7. The van der Waals surface area contributed by atoms with Gasteiger partial charge in [-0.05, 0) is 102 Å². The number of hydrogen-bond donors (Lipinski definition) is 4. The molecule has 3 atom stereocenters. The van der Waals surface area contributed by atoms with Crippen LogP contribution in [0.3, 0.4) is 0 Å². The van der Waals surface area contributed by atoms with Crippen LogP contribution < -0.4 is 21.3 Å². The number of anilines is 1. The Bertz CT molecular complexity index is 2200. The fourth-order valence-corrected chi connectivity index (χ4v) is 7.94. The van der Waals surface area contributed by atoms with E-state index in [4.69, 9.17) is 24.3 Å². The Morgan fingerprint density at radius 3 is 2.12 bits per heavy atom. The summed E-state index contributed by atoms with van der Waals surface area (Å²) < 4.78 is 34.5. The highest BCUT2D eigenvalue weighted by molar-refractivity contribution is 7.72. The van der Waals surface area contributed by atoms with Gasteiger partial charge in [0.15, 0.2) is 0 Å². The zero-order chi connectivity index (χ0) is 44.3. The quantitative estimate of drug-likeness (QED) is 0.0842. The lowest BCUT2D eigenvalue weighted by atomic mass is 9.98. The second-order valence-corrected chi connectivity index (χ2v) is 19.3. The van der Waals surface area contributed by atoms with Crippen LogP contribution in [-0.2, 0) is 59.9 Å². The number of nitrogens with one attached hydrogen (secondary N) is 3. The van der Waals surface area contributed by atoms with Gasteiger partial charge in [-0.3, -0.25) is 52.1 Å². The standard InChI is InChI=1S/C42H54N5O12P/c1-23(2)28(16-17-33(43)48)45-36(50)32-20-25-11-9-10-24-12-15-30(37(51)47(32)34(24)25)46-35(49)31-19-27-18-26(13-14-29(27)44-31)38(52)60(55,58-21-56-39(53)41(3,4)5)59-22-57-40(54)42(6,7)8/h9-11,13-14,18-19,23,28,30,32,44H,12,15-17,20-22H2,1-8H3,(H2,43,48)(H,45,50)(H,46,49)/t28-,30-,32-/m0/s1. The van der Waals surface area contributed by atoms with Crippen LogP contribution in [0.5, 0.6) is 0 Å². The minimum atomic E-state index is -4.81. The highest BCUT2D eigenvalue weighted by Gasteiger charge is 2.45. The number of amides is 4. The summed E-state index contributed by atoms with van der Waals surface area (Å²) in [6.07, 6.45) is 1.42. The van der Waals surface area contributed by atoms with Crippen LogP contribution in [-0.4, -0.2) is 77.8 Å². The first-order chi connectivity index (χ1) is 28.0. The summed E-state index contributed by atoms with van der Waals surface area (Å²) in [5.41, 5.74) is 5.07. The summed E-state index contributed by atoms with van der Waals surface area (Å²) in [5.74, 6) is -3.34. The molecule has 0 saturated heterocycles. The number of esters is 2. The first kappa shape index (κ1) is 45.7. The van der Waals surface area contributed by atoms with E-state index in [1.54, 1.807) is 41.5 Å². The molecule has 18 heteroatoms. The Hall–Kier alpha value is -5.38. The van der Waals surface area contributed by atoms with Gasteiger partial charge in [-0.25, -0.2) is 0 Å². The number of ether oxygens (including phenoxy) is 2. The topological polar surface area (TPSA) is 243 Å². The molecule has 1 aromatic heterocycles. The Morgan fingerprint density at radius 1 is 0.917 bits per heavy atom. The van der Waals surface area contributed by atoms with Gasteiger partial charge in [0.1, 0.15) is 17.8 Å². The third-order valence-electron chi connectivity index (χ3n) is 10.3. The van der Waals surface area contributed by atoms with Crippen molar-refractivity contribution in [2.75, 3.05) is 18.5 Å². The maximum absolute atomic E-state index is 14.3. The molecule has 2 aliphatic heterocycles. The number of hydrogen-bond acceptors (Lipinski definition) is 12. The van der Waals surface area contributed by atoms with E-state index in [2.05, 4.69) is 15.6 Å². The monoisotopic (exact) mass is 851 g/mol. The Morgan fingerprint density at radius 2 is 1.53 bits per heavy atom. The molecule has 0 spiro atoms. The van der Waals surface area contributed by atoms with Gasteiger partial charge in [0.25, 0.3) is 11.4 Å². The summed E-state index contributed by atoms with van der Waals surface area (Å²) >= 11 is 0. The number of primary amides is 1. The molecule has 3 heterocycles. The molecule has 0 fully saturated rings. The van der Waals surface area contributed by atoms with Crippen LogP contribution >= 0.6 is 7.60 Å². The van der Waals surface area contributed by atoms with Crippen molar-refractivity contribution in [2.45, 2.75) is 106 Å². The van der Waals surface area contributed by atoms with Crippen LogP contribution in [0.2, 0.25) is 0 Å². The van der Waals surface area contributed by atoms with Crippen molar-refractivity contribution in [3.63, 3.8) is 0 Å². The highest BCUT2D eigenvalue weighted by Crippen LogP contribution is 2.51. The fourth-order valence-electron chi connectivity index (χ4n) is 6.79. The van der Waals surface area contributed by atoms with Gasteiger partial charge >= 0.3 is 19.5 Å². The van der Waals surface area contributed by atoms with Crippen LogP contribution in [0.1, 0.15) is 107 Å². The third kappa shape index (κ3) is 10.5. The zero-order valence-electron chi connectivity index (χ0n) is 35.2. The molecule has 2 aliphatic rings. The lowest BCUT2D eigenvalue weighted by Gasteiger charge is -2.30. The number of benzene rings is 2. The second kappa shape index (κ2) is 18.1. The maximum atomic E-state index is 14.3. The number of rotatable bonds is 16. The lowest BCUT2D eigenvalue weighted by Crippen LogP contribution is -2.56. The molecule has 3 aromatic rings. The highest BCUT2D eigenvalue weighted by atomic mass is 31.2. The van der Waals surface area contributed by atoms with Gasteiger partial charge in [-0.15, -0.1) is 0 Å². The van der Waals surface area contributed by atoms with Crippen LogP contribution in [0.4, 0.5) is 5.69 Å². The Balaban J connectivity index is 1.34. The fraction of sp³-hybridized carbons (Fsp3) is 0.500. The SMILES string of the molecule is CC(C)[C@H](CCC(N)=O)NC(=O)[C@@H]1Cc2cccc3c2N1C(=O)[C@@H](NC(=O)c1cc2cc(C(=O)P(=O)(OCOC(=O)C(C)(C)C)OCOC(=O)C(C)(C)C)ccc2[nH]1)CC3. The molecule has 324 valence electrons. The number of aromatic nitrogens is 1. The van der Waals surface area contributed by atoms with Gasteiger partial charge in [0.2, 0.25) is 31.3 Å². The number of aromatic amines is 1. The normalized spacial score (nSPS) is 17.1. The number of nitrogens with two attached hydrogens (primary N) is 1. The van der Waals surface area contributed by atoms with Crippen LogP contribution in [0.15, 0.2) is 42.5 Å². The first-order valence-electron chi connectivity index (χ1n) is 19.7. The largest absolute Gasteiger partial charge is 0.438 e. The predicted molar refractivity (Wildman–Crippen MR) is 219 cm³/mol. The molecule has 0 aliphatic carbocycles. The summed E-state index contributed by atoms with van der Waals surface area (Å²) in [7, 11) is -4.81. The van der Waals surface area contributed by atoms with Crippen LogP contribution in [0, 0.1) is 16.7 Å². The van der Waals surface area contributed by atoms with Crippen molar-refractivity contribution in [3.8, 4) is 0 Å². The summed E-state index contributed by atoms with van der Waals surface area (Å²) in [4.78, 5) is 96.3. The van der Waals surface area contributed by atoms with E-state index in [1.807, 2.05) is 32.0 Å². The first-order valence-corrected chi connectivity index (χ1v) is 21.3. The number of aryl methyl sites for hydroxylation is 1. The van der Waals surface area contributed by atoms with Crippen molar-refractivity contribution in [3.05, 3.63) is 64.8 Å². The number of para-hydroxylation sites is 1. The molecule has 5 rings (SSSR count). The molecule has 0 unspecified atom stereocenters. The zero-order valence-corrected chi connectivity index (χ0v) is 36.1. The molecule has 4 amide bonds. The number of carbonyl (C=O) groups excluding carboxylic acids is 7. The molecular weight excluding hydrogens is 797 g/mol. The van der Waals surface area contributed by atoms with E-state index in [9.17, 15) is 38.1 Å². The van der Waals surface area contributed by atoms with Gasteiger partial charge < -0.3 is 30.8 Å². The molecule has 2 aromatic carbocycles. The second-order valence-electron chi connectivity index (χ2n) is 17.4. The van der Waals surface area contributed by atoms with Crippen molar-refractivity contribution in [1.82, 2.24) is 15.6 Å². The molecule has 17 nitrogen and oxygen atoms in total. The third-order valence-corrected chi connectivity index (χ3v) is 11.9. The number of fused-ring (bicyclic) bond motifs is 1. The minimum Gasteiger partial charge on any atom is -0.438 e.